The summed E-state index contributed by atoms with van der Waals surface area (Å²) in [6.45, 7) is 3.54. The van der Waals surface area contributed by atoms with Gasteiger partial charge in [-0.25, -0.2) is 0 Å². The summed E-state index contributed by atoms with van der Waals surface area (Å²) in [6, 6.07) is 9.75. The highest BCUT2D eigenvalue weighted by atomic mass is 16.5. The van der Waals surface area contributed by atoms with Gasteiger partial charge >= 0.3 is 0 Å². The van der Waals surface area contributed by atoms with Crippen molar-refractivity contribution >= 4 is 5.70 Å². The minimum atomic E-state index is -0.0936. The van der Waals surface area contributed by atoms with E-state index < -0.39 is 0 Å². The maximum Gasteiger partial charge on any atom is 0.248 e. The molecule has 3 rings (SSSR count). The van der Waals surface area contributed by atoms with Gasteiger partial charge in [0.2, 0.25) is 5.56 Å². The van der Waals surface area contributed by atoms with Crippen LogP contribution in [0.25, 0.3) is 16.8 Å². The van der Waals surface area contributed by atoms with Crippen LogP contribution in [0.4, 0.5) is 0 Å². The summed E-state index contributed by atoms with van der Waals surface area (Å²) in [6.07, 6.45) is 3.42. The van der Waals surface area contributed by atoms with Crippen LogP contribution in [0.1, 0.15) is 11.1 Å². The van der Waals surface area contributed by atoms with Crippen LogP contribution in [0.2, 0.25) is 0 Å². The molecule has 1 aliphatic rings. The number of pyridine rings is 1. The Kier molecular flexibility index (Phi) is 3.29. The molecule has 0 saturated carbocycles. The highest BCUT2D eigenvalue weighted by molar-refractivity contribution is 5.72. The van der Waals surface area contributed by atoms with E-state index in [1.54, 1.807) is 18.5 Å². The number of hydrogen-bond acceptors (Lipinski definition) is 3. The van der Waals surface area contributed by atoms with Crippen molar-refractivity contribution in [1.29, 1.82) is 0 Å². The first-order chi connectivity index (χ1) is 9.72. The Bertz CT molecular complexity index is 716. The van der Waals surface area contributed by atoms with Crippen molar-refractivity contribution < 1.29 is 4.74 Å². The fraction of sp³-hybridized carbons (Fsp3) is 0.188. The van der Waals surface area contributed by atoms with Crippen LogP contribution in [-0.4, -0.2) is 18.1 Å². The quantitative estimate of drug-likeness (QED) is 0.878. The smallest absolute Gasteiger partial charge is 0.248 e. The van der Waals surface area contributed by atoms with Crippen LogP contribution in [0, 0.1) is 6.92 Å². The van der Waals surface area contributed by atoms with Crippen LogP contribution < -0.4 is 10.9 Å². The van der Waals surface area contributed by atoms with Gasteiger partial charge in [0.05, 0.1) is 5.70 Å². The Balaban J connectivity index is 2.06. The molecule has 2 aromatic rings. The van der Waals surface area contributed by atoms with Crippen molar-refractivity contribution in [3.63, 3.8) is 0 Å². The molecule has 0 atom stereocenters. The maximum atomic E-state index is 11.4. The number of aromatic nitrogens is 1. The topological polar surface area (TPSA) is 54.1 Å². The molecule has 2 heterocycles. The molecule has 0 aliphatic carbocycles. The third-order valence-electron chi connectivity index (χ3n) is 3.23. The summed E-state index contributed by atoms with van der Waals surface area (Å²) in [7, 11) is 0. The molecule has 0 bridgehead atoms. The first kappa shape index (κ1) is 12.5. The zero-order chi connectivity index (χ0) is 13.9. The van der Waals surface area contributed by atoms with Gasteiger partial charge in [-0.1, -0.05) is 6.07 Å². The summed E-state index contributed by atoms with van der Waals surface area (Å²) in [5.41, 5.74) is 5.04. The number of aryl methyl sites for hydroxylation is 1. The molecule has 2 N–H and O–H groups in total. The summed E-state index contributed by atoms with van der Waals surface area (Å²) in [5.74, 6) is 0. The second-order valence-corrected chi connectivity index (χ2v) is 4.86. The molecule has 1 aromatic heterocycles. The lowest BCUT2D eigenvalue weighted by Gasteiger charge is -2.17. The normalized spacial score (nSPS) is 14.2. The number of rotatable bonds is 2. The van der Waals surface area contributed by atoms with Crippen LogP contribution in [0.15, 0.2) is 47.6 Å². The second-order valence-electron chi connectivity index (χ2n) is 4.86. The van der Waals surface area contributed by atoms with Crippen molar-refractivity contribution in [2.45, 2.75) is 6.92 Å². The summed E-state index contributed by atoms with van der Waals surface area (Å²) in [4.78, 5) is 14.1. The molecule has 0 saturated heterocycles. The van der Waals surface area contributed by atoms with E-state index in [9.17, 15) is 4.79 Å². The van der Waals surface area contributed by atoms with E-state index in [1.807, 2.05) is 13.0 Å². The van der Waals surface area contributed by atoms with Crippen LogP contribution in [-0.2, 0) is 4.74 Å². The van der Waals surface area contributed by atoms with Crippen molar-refractivity contribution in [3.05, 3.63) is 64.3 Å². The first-order valence-electron chi connectivity index (χ1n) is 6.59. The Labute approximate surface area is 117 Å². The van der Waals surface area contributed by atoms with Crippen LogP contribution in [0.3, 0.4) is 0 Å². The highest BCUT2D eigenvalue weighted by Crippen LogP contribution is 2.24. The largest absolute Gasteiger partial charge is 0.497 e. The number of nitrogens with one attached hydrogen (secondary N) is 2. The molecule has 0 amide bonds. The van der Waals surface area contributed by atoms with E-state index in [1.165, 1.54) is 0 Å². The molecular formula is C16H16N2O2. The Hall–Kier alpha value is -2.49. The van der Waals surface area contributed by atoms with Gasteiger partial charge in [-0.15, -0.1) is 0 Å². The van der Waals surface area contributed by atoms with Gasteiger partial charge in [0, 0.05) is 24.4 Å². The molecule has 4 nitrogen and oxygen atoms in total. The monoisotopic (exact) mass is 268 g/mol. The van der Waals surface area contributed by atoms with Gasteiger partial charge in [-0.3, -0.25) is 4.79 Å². The van der Waals surface area contributed by atoms with Crippen LogP contribution >= 0.6 is 0 Å². The number of ether oxygens (including phenoxy) is 1. The van der Waals surface area contributed by atoms with E-state index in [4.69, 9.17) is 4.74 Å². The minimum absolute atomic E-state index is 0.0936. The number of H-pyrrole nitrogens is 1. The minimum Gasteiger partial charge on any atom is -0.497 e. The van der Waals surface area contributed by atoms with E-state index in [-0.39, 0.29) is 5.56 Å². The molecule has 4 heteroatoms. The molecule has 0 fully saturated rings. The molecule has 0 spiro atoms. The molecule has 102 valence electrons. The van der Waals surface area contributed by atoms with Crippen molar-refractivity contribution in [2.24, 2.45) is 0 Å². The first-order valence-corrected chi connectivity index (χ1v) is 6.59. The number of hydrogen-bond donors (Lipinski definition) is 2. The predicted octanol–water partition coefficient (Wildman–Crippen LogP) is 2.27. The van der Waals surface area contributed by atoms with Gasteiger partial charge in [0.1, 0.15) is 12.9 Å². The van der Waals surface area contributed by atoms with Gasteiger partial charge in [0.15, 0.2) is 0 Å². The number of aromatic amines is 1. The lowest BCUT2D eigenvalue weighted by Crippen LogP contribution is -2.22. The molecule has 1 aliphatic heterocycles. The van der Waals surface area contributed by atoms with E-state index >= 15 is 0 Å². The molecule has 0 radical (unpaired) electrons. The standard InChI is InChI=1S/C16H16N2O2/c1-11-6-13(12-2-3-18-16(19)9-12)8-14(7-11)15-10-20-5-4-17-15/h2-3,6-10,17H,4-5H2,1H3,(H,18,19). The summed E-state index contributed by atoms with van der Waals surface area (Å²) in [5, 5.41) is 3.32. The zero-order valence-corrected chi connectivity index (χ0v) is 11.3. The number of benzene rings is 1. The van der Waals surface area contributed by atoms with Crippen molar-refractivity contribution in [3.8, 4) is 11.1 Å². The highest BCUT2D eigenvalue weighted by Gasteiger charge is 2.09. The average Bonchev–Trinajstić information content (AvgIpc) is 2.47. The van der Waals surface area contributed by atoms with Gasteiger partial charge in [-0.2, -0.15) is 0 Å². The van der Waals surface area contributed by atoms with Gasteiger partial charge in [-0.05, 0) is 41.8 Å². The maximum absolute atomic E-state index is 11.4. The molecule has 1 aromatic carbocycles. The molecule has 0 unspecified atom stereocenters. The fourth-order valence-electron chi connectivity index (χ4n) is 2.33. The van der Waals surface area contributed by atoms with E-state index in [0.717, 1.165) is 34.5 Å². The summed E-state index contributed by atoms with van der Waals surface area (Å²) < 4.78 is 5.36. The van der Waals surface area contributed by atoms with Gasteiger partial charge < -0.3 is 15.0 Å². The Morgan fingerprint density at radius 2 is 1.95 bits per heavy atom. The SMILES string of the molecule is Cc1cc(C2=COCCN2)cc(-c2cc[nH]c(=O)c2)c1. The predicted molar refractivity (Wildman–Crippen MR) is 79.2 cm³/mol. The lowest BCUT2D eigenvalue weighted by molar-refractivity contribution is 0.241. The van der Waals surface area contributed by atoms with Crippen molar-refractivity contribution in [2.75, 3.05) is 13.2 Å². The second kappa shape index (κ2) is 5.25. The van der Waals surface area contributed by atoms with Gasteiger partial charge in [0.25, 0.3) is 0 Å². The Morgan fingerprint density at radius 3 is 2.70 bits per heavy atom. The third-order valence-corrected chi connectivity index (χ3v) is 3.23. The fourth-order valence-corrected chi connectivity index (χ4v) is 2.33. The van der Waals surface area contributed by atoms with Crippen LogP contribution in [0.5, 0.6) is 0 Å². The van der Waals surface area contributed by atoms with E-state index in [2.05, 4.69) is 28.5 Å². The summed E-state index contributed by atoms with van der Waals surface area (Å²) >= 11 is 0. The third kappa shape index (κ3) is 2.59. The van der Waals surface area contributed by atoms with Crippen molar-refractivity contribution in [1.82, 2.24) is 10.3 Å². The molecular weight excluding hydrogens is 252 g/mol. The zero-order valence-electron chi connectivity index (χ0n) is 11.3. The average molecular weight is 268 g/mol. The van der Waals surface area contributed by atoms with E-state index in [0.29, 0.717) is 6.61 Å². The molecule has 20 heavy (non-hydrogen) atoms. The lowest BCUT2D eigenvalue weighted by atomic mass is 9.99. The Morgan fingerprint density at radius 1 is 1.10 bits per heavy atom.